The third kappa shape index (κ3) is 40.4. The number of carboxylic acids is 4. The van der Waals surface area contributed by atoms with Crippen molar-refractivity contribution in [3.63, 3.8) is 0 Å². The zero-order chi connectivity index (χ0) is 92.1. The van der Waals surface area contributed by atoms with Gasteiger partial charge in [0, 0.05) is 129 Å². The first-order chi connectivity index (χ1) is 59.5. The Balaban J connectivity index is 1.18. The number of nitrogens with zero attached hydrogens (tertiary/aromatic N) is 6. The van der Waals surface area contributed by atoms with Crippen molar-refractivity contribution in [1.29, 1.82) is 0 Å². The number of thioether (sulfide) groups is 2. The van der Waals surface area contributed by atoms with E-state index >= 15 is 4.79 Å². The molecule has 47 heteroatoms. The molecule has 3 fully saturated rings. The summed E-state index contributed by atoms with van der Waals surface area (Å²) in [4.78, 5) is 247. The van der Waals surface area contributed by atoms with Crippen LogP contribution >= 0.6 is 23.5 Å². The molecule has 1 aromatic rings. The minimum atomic E-state index is -1.91. The number of hydrogen-bond donors (Lipinski definition) is 18. The molecule has 21 N–H and O–H groups in total. The van der Waals surface area contributed by atoms with E-state index in [1.165, 1.54) is 16.7 Å². The number of ether oxygens (including phenoxy) is 3. The Morgan fingerprint density at radius 1 is 0.496 bits per heavy atom. The standard InChI is InChI=1S/C78H122N18O27S2/c1-3-4-14-50(84-60(100)20-19-59(99)82-21-10-33-121-35-37-123-38-36-122-34-11-22-83-62(102)42-91-25-27-92(43-64(105)106)29-31-94(45-66(109)110)32-30-93(28-26-91)44-65(107)108)71(113)89-55(77(119)96-24-9-16-57(96)78(120)95-23-8-15-56(95)70(81)112)47-125-68-67(75(117)90-76(68)118)124-46-54(74(116)86-52(69(80)111)41-63(103)104)88-73(115)53(40-49-12-6-5-7-13-49)87-72(114)51(17-18-58(79)98)85-61(101)39-48(2)97/h5-7,12-13,48,50-57,62,83,97,102H,3-4,8-11,14-47H2,1-2H3,(H2,79,98)(H2,80,111)(H2,81,112)(H,82,99)(H,84,100)(H,85,101)(H,86,116)(H,87,114)(H,88,115)(H,89,113)(H,103,104)(H,105,106)(H,107,108)(H,109,110)(H,90,117,118)/t48-,50+,51+,52+,53+,54+,55+,56+,57+,62?/m1/s1. The van der Waals surface area contributed by atoms with E-state index in [1.54, 1.807) is 45.0 Å². The van der Waals surface area contributed by atoms with Crippen molar-refractivity contribution in [2.75, 3.05) is 156 Å². The van der Waals surface area contributed by atoms with Crippen LogP contribution in [0.15, 0.2) is 40.1 Å². The van der Waals surface area contributed by atoms with Crippen LogP contribution in [0.4, 0.5) is 0 Å². The van der Waals surface area contributed by atoms with Gasteiger partial charge < -0.3 is 109 Å². The maximum atomic E-state index is 15.1. The number of nitrogens with one attached hydrogen (secondary N) is 9. The number of unbranched alkanes of at least 4 members (excludes halogenated alkanes) is 1. The second-order valence-electron chi connectivity index (χ2n) is 30.4. The molecule has 698 valence electrons. The molecular formula is C78H122N18O27S2. The molecule has 4 heterocycles. The number of imide groups is 1. The molecule has 4 aliphatic heterocycles. The summed E-state index contributed by atoms with van der Waals surface area (Å²) < 4.78 is 16.9. The summed E-state index contributed by atoms with van der Waals surface area (Å²) in [7, 11) is 0. The molecule has 125 heavy (non-hydrogen) atoms. The third-order valence-electron chi connectivity index (χ3n) is 20.2. The van der Waals surface area contributed by atoms with Crippen LogP contribution in [0.5, 0.6) is 0 Å². The number of nitrogens with two attached hydrogens (primary N) is 3. The molecule has 0 aliphatic carbocycles. The number of aliphatic carboxylic acids is 4. The number of carbonyl (C=O) groups excluding carboxylic acids is 14. The van der Waals surface area contributed by atoms with Gasteiger partial charge in [-0.2, -0.15) is 0 Å². The van der Waals surface area contributed by atoms with Gasteiger partial charge in [0.15, 0.2) is 0 Å². The zero-order valence-electron chi connectivity index (χ0n) is 70.4. The van der Waals surface area contributed by atoms with Crippen LogP contribution in [0.3, 0.4) is 0 Å². The number of amides is 14. The SMILES string of the molecule is CCCC[C@H](NC(=O)CCC(=O)NCCCOCCOCCOCCCNC(O)CN1CCN(CC(=O)O)CCN(CC(=O)O)CCN(CC(=O)O)CC1)C(=O)N[C@@H](CSC1=C(SC[C@H](NC(=O)[C@H](Cc2ccccc2)NC(=O)[C@H](CCC(N)=O)NC(=O)C[C@@H](C)O)C(=O)N[C@@H](CC(=O)O)C(N)=O)C(=O)NC1=O)C(=O)N1CCC[C@H]1C(=O)N1CCC[C@H]1C(N)=O. The van der Waals surface area contributed by atoms with E-state index in [0.29, 0.717) is 101 Å². The van der Waals surface area contributed by atoms with Gasteiger partial charge >= 0.3 is 23.9 Å². The number of likely N-dealkylation sites (tertiary alicyclic amines) is 2. The molecule has 14 amide bonds. The Morgan fingerprint density at radius 3 is 1.48 bits per heavy atom. The number of rotatable bonds is 58. The molecule has 1 aromatic carbocycles. The lowest BCUT2D eigenvalue weighted by atomic mass is 10.0. The van der Waals surface area contributed by atoms with Gasteiger partial charge in [-0.15, -0.1) is 23.5 Å². The molecule has 45 nitrogen and oxygen atoms in total. The molecule has 3 saturated heterocycles. The molecule has 1 unspecified atom stereocenters. The summed E-state index contributed by atoms with van der Waals surface area (Å²) in [6.45, 7) is 7.15. The highest BCUT2D eigenvalue weighted by atomic mass is 32.2. The summed E-state index contributed by atoms with van der Waals surface area (Å²) in [6.07, 6.45) is -2.48. The van der Waals surface area contributed by atoms with Crippen LogP contribution < -0.4 is 65.1 Å². The van der Waals surface area contributed by atoms with Gasteiger partial charge in [-0.1, -0.05) is 50.1 Å². The number of hydrogen-bond acceptors (Lipinski definition) is 30. The first-order valence-corrected chi connectivity index (χ1v) is 43.5. The number of primary amides is 3. The Morgan fingerprint density at radius 2 is 0.960 bits per heavy atom. The molecule has 0 radical (unpaired) electrons. The minimum absolute atomic E-state index is 0.0193. The number of aliphatic hydroxyl groups excluding tert-OH is 2. The number of benzene rings is 1. The zero-order valence-corrected chi connectivity index (χ0v) is 72.1. The highest BCUT2D eigenvalue weighted by Gasteiger charge is 2.45. The van der Waals surface area contributed by atoms with Crippen LogP contribution in [-0.4, -0.2) is 383 Å². The van der Waals surface area contributed by atoms with Crippen LogP contribution in [0.1, 0.15) is 116 Å². The van der Waals surface area contributed by atoms with Gasteiger partial charge in [0.2, 0.25) is 70.9 Å². The largest absolute Gasteiger partial charge is 0.481 e. The lowest BCUT2D eigenvalue weighted by Gasteiger charge is -2.33. The Kier molecular flexibility index (Phi) is 47.9. The van der Waals surface area contributed by atoms with Crippen LogP contribution in [0, 0.1) is 0 Å². The number of carboxylic acid groups (broad SMARTS) is 4. The van der Waals surface area contributed by atoms with Crippen molar-refractivity contribution in [2.45, 2.75) is 177 Å². The third-order valence-corrected chi connectivity index (χ3v) is 22.7. The van der Waals surface area contributed by atoms with Crippen molar-refractivity contribution in [2.24, 2.45) is 17.2 Å². The second kappa shape index (κ2) is 56.8. The quantitative estimate of drug-likeness (QED) is 0.0164. The van der Waals surface area contributed by atoms with Gasteiger partial charge in [-0.3, -0.25) is 117 Å². The number of β-amino-alcohol motifs (C(OH)–C–C–N with tert-alkyl or cyclic N) is 1. The lowest BCUT2D eigenvalue weighted by molar-refractivity contribution is -0.147. The maximum Gasteiger partial charge on any atom is 0.317 e. The summed E-state index contributed by atoms with van der Waals surface area (Å²) in [5.41, 5.74) is 17.0. The van der Waals surface area contributed by atoms with E-state index in [9.17, 15) is 112 Å². The lowest BCUT2D eigenvalue weighted by Crippen LogP contribution is -2.59. The molecule has 10 atom stereocenters. The fourth-order valence-electron chi connectivity index (χ4n) is 13.8. The fourth-order valence-corrected chi connectivity index (χ4v) is 16.1. The Hall–Kier alpha value is -10.1. The number of carbonyl (C=O) groups is 18. The predicted octanol–water partition coefficient (Wildman–Crippen LogP) is -6.76. The van der Waals surface area contributed by atoms with E-state index in [2.05, 4.69) is 47.9 Å². The second-order valence-corrected chi connectivity index (χ2v) is 32.5. The first-order valence-electron chi connectivity index (χ1n) is 41.6. The Labute approximate surface area is 731 Å². The van der Waals surface area contributed by atoms with E-state index in [4.69, 9.17) is 31.4 Å². The van der Waals surface area contributed by atoms with Crippen molar-refractivity contribution in [3.8, 4) is 0 Å². The van der Waals surface area contributed by atoms with Crippen LogP contribution in [0.25, 0.3) is 0 Å². The minimum Gasteiger partial charge on any atom is -0.481 e. The molecule has 0 saturated carbocycles. The van der Waals surface area contributed by atoms with E-state index < -0.39 is 208 Å². The highest BCUT2D eigenvalue weighted by Crippen LogP contribution is 2.34. The predicted molar refractivity (Wildman–Crippen MR) is 448 cm³/mol. The molecule has 5 rings (SSSR count). The van der Waals surface area contributed by atoms with Crippen molar-refractivity contribution in [3.05, 3.63) is 45.7 Å². The Bertz CT molecular complexity index is 3820. The van der Waals surface area contributed by atoms with Crippen LogP contribution in [-0.2, 0) is 107 Å². The van der Waals surface area contributed by atoms with Crippen molar-refractivity contribution >= 4 is 130 Å². The van der Waals surface area contributed by atoms with Gasteiger partial charge in [-0.25, -0.2) is 0 Å². The van der Waals surface area contributed by atoms with Crippen molar-refractivity contribution in [1.82, 2.24) is 77.3 Å². The molecule has 4 aliphatic rings. The van der Waals surface area contributed by atoms with Gasteiger partial charge in [0.25, 0.3) is 11.8 Å². The van der Waals surface area contributed by atoms with E-state index in [-0.39, 0.29) is 156 Å². The van der Waals surface area contributed by atoms with E-state index in [1.807, 2.05) is 11.8 Å². The average Bonchev–Trinajstić information content (AvgIpc) is 1.68. The monoisotopic (exact) mass is 1810 g/mol. The van der Waals surface area contributed by atoms with Gasteiger partial charge in [0.05, 0.1) is 74.8 Å². The van der Waals surface area contributed by atoms with Crippen molar-refractivity contribution < 1.29 is 131 Å². The normalized spacial score (nSPS) is 18.2. The summed E-state index contributed by atoms with van der Waals surface area (Å²) in [5.74, 6) is -18.8. The topological polar surface area (TPSA) is 662 Å². The number of aliphatic hydroxyl groups is 2. The molecular weight excluding hydrogens is 1690 g/mol. The van der Waals surface area contributed by atoms with E-state index in [0.717, 1.165) is 0 Å². The highest BCUT2D eigenvalue weighted by molar-refractivity contribution is 8.08. The first kappa shape index (κ1) is 105. The summed E-state index contributed by atoms with van der Waals surface area (Å²) in [6, 6.07) is -4.06. The van der Waals surface area contributed by atoms with Gasteiger partial charge in [-0.05, 0) is 70.4 Å². The van der Waals surface area contributed by atoms with Gasteiger partial charge in [0.1, 0.15) is 54.6 Å². The maximum absolute atomic E-state index is 15.1. The summed E-state index contributed by atoms with van der Waals surface area (Å²) >= 11 is 1.06. The van der Waals surface area contributed by atoms with Crippen LogP contribution in [0.2, 0.25) is 0 Å². The fraction of sp³-hybridized carbons (Fsp3) is 0.667. The molecule has 0 bridgehead atoms. The smallest absolute Gasteiger partial charge is 0.317 e. The average molecular weight is 1810 g/mol. The summed E-state index contributed by atoms with van der Waals surface area (Å²) in [5, 5.41) is 81.6. The molecule has 0 aromatic heterocycles. The molecule has 0 spiro atoms.